The Hall–Kier alpha value is -2.79. The predicted molar refractivity (Wildman–Crippen MR) is 106 cm³/mol. The van der Waals surface area contributed by atoms with Crippen LogP contribution in [0.5, 0.6) is 11.5 Å². The number of aryl methyl sites for hydroxylation is 1. The normalized spacial score (nSPS) is 11.2. The van der Waals surface area contributed by atoms with Crippen molar-refractivity contribution in [2.75, 3.05) is 19.5 Å². The molecule has 0 atom stereocenters. The van der Waals surface area contributed by atoms with Crippen LogP contribution in [-0.2, 0) is 6.54 Å². The van der Waals surface area contributed by atoms with Crippen molar-refractivity contribution in [1.29, 1.82) is 0 Å². The van der Waals surface area contributed by atoms with Gasteiger partial charge in [-0.2, -0.15) is 0 Å². The average molecular weight is 370 g/mol. The van der Waals surface area contributed by atoms with E-state index in [1.165, 1.54) is 5.56 Å². The first-order valence-electron chi connectivity index (χ1n) is 8.35. The Morgan fingerprint density at radius 3 is 2.42 bits per heavy atom. The third-order valence-electron chi connectivity index (χ3n) is 4.74. The Kier molecular flexibility index (Phi) is 4.17. The van der Waals surface area contributed by atoms with Crippen molar-refractivity contribution < 1.29 is 9.47 Å². The molecule has 1 heterocycles. The van der Waals surface area contributed by atoms with Gasteiger partial charge in [-0.05, 0) is 47.7 Å². The molecule has 0 bridgehead atoms. The van der Waals surface area contributed by atoms with Gasteiger partial charge in [0.2, 0.25) is 0 Å². The number of hydrogen-bond donors (Lipinski definition) is 3. The maximum atomic E-state index is 6.07. The van der Waals surface area contributed by atoms with Gasteiger partial charge in [0.25, 0.3) is 0 Å². The zero-order chi connectivity index (χ0) is 18.3. The summed E-state index contributed by atoms with van der Waals surface area (Å²) in [5, 5.41) is 13.0. The molecule has 3 N–H and O–H groups in total. The molecule has 0 aromatic heterocycles. The number of nitrogens with one attached hydrogen (secondary N) is 3. The van der Waals surface area contributed by atoms with E-state index < -0.39 is 0 Å². The summed E-state index contributed by atoms with van der Waals surface area (Å²) in [6, 6.07) is 11.9. The Bertz CT molecular complexity index is 1050. The second-order valence-electron chi connectivity index (χ2n) is 6.24. The van der Waals surface area contributed by atoms with E-state index in [-0.39, 0.29) is 0 Å². The van der Waals surface area contributed by atoms with Crippen LogP contribution in [0.15, 0.2) is 36.4 Å². The molecule has 2 aliphatic rings. The van der Waals surface area contributed by atoms with Crippen LogP contribution in [0.4, 0.5) is 5.82 Å². The summed E-state index contributed by atoms with van der Waals surface area (Å²) in [5.74, 6) is 2.40. The number of halogens is 1. The van der Waals surface area contributed by atoms with Gasteiger partial charge in [0.05, 0.1) is 19.9 Å². The fourth-order valence-electron chi connectivity index (χ4n) is 3.45. The summed E-state index contributed by atoms with van der Waals surface area (Å²) in [7, 11) is 3.30. The first-order valence-corrected chi connectivity index (χ1v) is 8.72. The Balaban J connectivity index is 1.73. The fraction of sp³-hybridized carbons (Fsp3) is 0.200. The van der Waals surface area contributed by atoms with Crippen molar-refractivity contribution >= 4 is 28.2 Å². The van der Waals surface area contributed by atoms with E-state index in [9.17, 15) is 0 Å². The van der Waals surface area contributed by atoms with E-state index >= 15 is 0 Å². The van der Waals surface area contributed by atoms with Gasteiger partial charge in [-0.3, -0.25) is 10.2 Å². The summed E-state index contributed by atoms with van der Waals surface area (Å²) in [5.41, 5.74) is 4.49. The number of hydrogen-bond acceptors (Lipinski definition) is 3. The minimum Gasteiger partial charge on any atom is -0.493 e. The molecule has 0 amide bonds. The Labute approximate surface area is 156 Å². The number of fused-ring (bicyclic) bond motifs is 3. The summed E-state index contributed by atoms with van der Waals surface area (Å²) >= 11 is 6.07. The number of H-pyrrole nitrogens is 2. The zero-order valence-corrected chi connectivity index (χ0v) is 15.6. The van der Waals surface area contributed by atoms with Crippen LogP contribution in [0.3, 0.4) is 0 Å². The summed E-state index contributed by atoms with van der Waals surface area (Å²) in [6.07, 6.45) is 0. The molecule has 0 unspecified atom stereocenters. The minimum absolute atomic E-state index is 0.678. The van der Waals surface area contributed by atoms with Gasteiger partial charge in [-0.25, -0.2) is 0 Å². The van der Waals surface area contributed by atoms with Crippen molar-refractivity contribution in [1.82, 2.24) is 10.2 Å². The van der Waals surface area contributed by atoms with E-state index in [1.807, 2.05) is 36.4 Å². The fourth-order valence-corrected chi connectivity index (χ4v) is 3.67. The van der Waals surface area contributed by atoms with Gasteiger partial charge >= 0.3 is 0 Å². The molecule has 0 saturated carbocycles. The third kappa shape index (κ3) is 2.65. The second-order valence-corrected chi connectivity index (χ2v) is 6.67. The van der Waals surface area contributed by atoms with Gasteiger partial charge in [0, 0.05) is 22.5 Å². The topological polar surface area (TPSA) is 62.1 Å². The van der Waals surface area contributed by atoms with Crippen LogP contribution < -0.4 is 14.8 Å². The third-order valence-corrected chi connectivity index (χ3v) is 4.98. The molecule has 26 heavy (non-hydrogen) atoms. The standard InChI is InChI=1S/C20H20ClN3O2/c1-11-14-8-16(25-2)17(26-3)9-15(14)19-18(11)20(24-23-19)22-10-12-5-4-6-13(21)7-12/h4-9,22-24H,10H2,1-3H3. The van der Waals surface area contributed by atoms with E-state index in [1.54, 1.807) is 14.2 Å². The lowest BCUT2D eigenvalue weighted by molar-refractivity contribution is 0.356. The number of aromatic amines is 2. The molecule has 134 valence electrons. The number of aromatic nitrogens is 2. The predicted octanol–water partition coefficient (Wildman–Crippen LogP) is 5.19. The Morgan fingerprint density at radius 1 is 1.00 bits per heavy atom. The molecule has 1 aliphatic heterocycles. The summed E-state index contributed by atoms with van der Waals surface area (Å²) in [6.45, 7) is 2.79. The van der Waals surface area contributed by atoms with Crippen LogP contribution >= 0.6 is 11.6 Å². The van der Waals surface area contributed by atoms with E-state index in [4.69, 9.17) is 21.1 Å². The number of benzene rings is 2. The quantitative estimate of drug-likeness (QED) is 0.453. The molecule has 0 spiro atoms. The molecule has 2 aromatic rings. The monoisotopic (exact) mass is 369 g/mol. The van der Waals surface area contributed by atoms with Crippen molar-refractivity contribution in [2.45, 2.75) is 13.5 Å². The maximum Gasteiger partial charge on any atom is 0.161 e. The SMILES string of the molecule is COc1cc2c3[nH][nH]c(NCc4cccc(Cl)c4)c-3c(C)c2cc1OC. The smallest absolute Gasteiger partial charge is 0.161 e. The van der Waals surface area contributed by atoms with Gasteiger partial charge < -0.3 is 14.8 Å². The molecule has 0 saturated heterocycles. The van der Waals surface area contributed by atoms with Gasteiger partial charge in [-0.1, -0.05) is 23.7 Å². The lowest BCUT2D eigenvalue weighted by Gasteiger charge is -2.08. The summed E-state index contributed by atoms with van der Waals surface area (Å²) in [4.78, 5) is 0. The van der Waals surface area contributed by atoms with E-state index in [0.717, 1.165) is 49.9 Å². The van der Waals surface area contributed by atoms with Crippen LogP contribution in [0.25, 0.3) is 22.0 Å². The first-order chi connectivity index (χ1) is 12.6. The van der Waals surface area contributed by atoms with E-state index in [0.29, 0.717) is 6.54 Å². The molecule has 1 aliphatic carbocycles. The highest BCUT2D eigenvalue weighted by atomic mass is 35.5. The van der Waals surface area contributed by atoms with Gasteiger partial charge in [0.1, 0.15) is 5.82 Å². The van der Waals surface area contributed by atoms with Crippen LogP contribution in [0, 0.1) is 6.92 Å². The first kappa shape index (κ1) is 16.7. The summed E-state index contributed by atoms with van der Waals surface area (Å²) < 4.78 is 10.9. The van der Waals surface area contributed by atoms with Crippen molar-refractivity contribution in [2.24, 2.45) is 0 Å². The molecular weight excluding hydrogens is 350 g/mol. The van der Waals surface area contributed by atoms with Gasteiger partial charge in [-0.15, -0.1) is 0 Å². The number of anilines is 1. The van der Waals surface area contributed by atoms with Crippen molar-refractivity contribution in [3.8, 4) is 22.8 Å². The minimum atomic E-state index is 0.678. The molecule has 6 heteroatoms. The lowest BCUT2D eigenvalue weighted by atomic mass is 10.1. The van der Waals surface area contributed by atoms with Crippen LogP contribution in [-0.4, -0.2) is 24.4 Å². The lowest BCUT2D eigenvalue weighted by Crippen LogP contribution is -2.00. The highest BCUT2D eigenvalue weighted by Gasteiger charge is 2.23. The molecule has 2 aromatic carbocycles. The van der Waals surface area contributed by atoms with E-state index in [2.05, 4.69) is 22.4 Å². The number of rotatable bonds is 5. The van der Waals surface area contributed by atoms with Crippen molar-refractivity contribution in [3.05, 3.63) is 52.5 Å². The number of methoxy groups -OCH3 is 2. The molecule has 4 rings (SSSR count). The maximum absolute atomic E-state index is 6.07. The zero-order valence-electron chi connectivity index (χ0n) is 14.9. The van der Waals surface area contributed by atoms with Crippen LogP contribution in [0.1, 0.15) is 11.1 Å². The van der Waals surface area contributed by atoms with Crippen molar-refractivity contribution in [3.63, 3.8) is 0 Å². The highest BCUT2D eigenvalue weighted by Crippen LogP contribution is 2.45. The second kappa shape index (κ2) is 6.50. The number of ether oxygens (including phenoxy) is 2. The Morgan fingerprint density at radius 2 is 1.73 bits per heavy atom. The van der Waals surface area contributed by atoms with Gasteiger partial charge in [0.15, 0.2) is 11.5 Å². The molecule has 5 nitrogen and oxygen atoms in total. The average Bonchev–Trinajstić information content (AvgIpc) is 3.19. The largest absolute Gasteiger partial charge is 0.493 e. The molecule has 0 fully saturated rings. The molecule has 0 radical (unpaired) electrons. The van der Waals surface area contributed by atoms with Crippen LogP contribution in [0.2, 0.25) is 5.02 Å². The highest BCUT2D eigenvalue weighted by molar-refractivity contribution is 6.30. The molecular formula is C20H20ClN3O2.